The lowest BCUT2D eigenvalue weighted by atomic mass is 9.74. The van der Waals surface area contributed by atoms with Crippen molar-refractivity contribution in [2.24, 2.45) is 13.0 Å². The number of piperidine rings is 3. The standard InChI is InChI=1S/C19H25FN4O2S/c1-23-19(10-18(22-23)13-3-5-15(20)6-4-13)17-12-24-8-7-14(17)9-16(24)11-21-27(2,25)26/h3-6,10,14,16-17,21H,7-9,11-12H2,1-2H3. The van der Waals surface area contributed by atoms with Gasteiger partial charge >= 0.3 is 0 Å². The zero-order valence-electron chi connectivity index (χ0n) is 15.6. The summed E-state index contributed by atoms with van der Waals surface area (Å²) in [5.74, 6) is 0.666. The van der Waals surface area contributed by atoms with Gasteiger partial charge in [-0.05, 0) is 55.6 Å². The summed E-state index contributed by atoms with van der Waals surface area (Å²) < 4.78 is 40.6. The van der Waals surface area contributed by atoms with Crippen LogP contribution in [0.15, 0.2) is 30.3 Å². The molecule has 5 rings (SSSR count). The van der Waals surface area contributed by atoms with Gasteiger partial charge in [-0.25, -0.2) is 17.5 Å². The Morgan fingerprint density at radius 3 is 2.67 bits per heavy atom. The van der Waals surface area contributed by atoms with Crippen molar-refractivity contribution in [3.05, 3.63) is 41.8 Å². The van der Waals surface area contributed by atoms with Crippen LogP contribution in [-0.2, 0) is 17.1 Å². The number of sulfonamides is 1. The van der Waals surface area contributed by atoms with Crippen LogP contribution >= 0.6 is 0 Å². The Labute approximate surface area is 159 Å². The lowest BCUT2D eigenvalue weighted by Gasteiger charge is -2.49. The molecule has 2 aromatic rings. The van der Waals surface area contributed by atoms with Crippen molar-refractivity contribution in [3.63, 3.8) is 0 Å². The fourth-order valence-electron chi connectivity index (χ4n) is 4.52. The van der Waals surface area contributed by atoms with Gasteiger partial charge in [0.05, 0.1) is 11.9 Å². The summed E-state index contributed by atoms with van der Waals surface area (Å²) in [6, 6.07) is 8.80. The summed E-state index contributed by atoms with van der Waals surface area (Å²) in [6.45, 7) is 2.41. The van der Waals surface area contributed by atoms with Crippen LogP contribution in [0, 0.1) is 11.7 Å². The quantitative estimate of drug-likeness (QED) is 0.845. The molecular formula is C19H25FN4O2S. The number of aryl methyl sites for hydroxylation is 1. The van der Waals surface area contributed by atoms with Crippen molar-refractivity contribution in [1.82, 2.24) is 19.4 Å². The van der Waals surface area contributed by atoms with Crippen molar-refractivity contribution in [1.29, 1.82) is 0 Å². The zero-order valence-corrected chi connectivity index (χ0v) is 16.4. The summed E-state index contributed by atoms with van der Waals surface area (Å²) in [5, 5.41) is 4.64. The van der Waals surface area contributed by atoms with Crippen LogP contribution in [0.5, 0.6) is 0 Å². The second-order valence-electron chi connectivity index (χ2n) is 7.75. The van der Waals surface area contributed by atoms with E-state index in [1.807, 2.05) is 11.7 Å². The highest BCUT2D eigenvalue weighted by molar-refractivity contribution is 7.88. The van der Waals surface area contributed by atoms with Crippen LogP contribution in [0.2, 0.25) is 0 Å². The average molecular weight is 393 g/mol. The van der Waals surface area contributed by atoms with Gasteiger partial charge in [-0.2, -0.15) is 5.10 Å². The predicted octanol–water partition coefficient (Wildman–Crippen LogP) is 1.95. The molecule has 2 bridgehead atoms. The van der Waals surface area contributed by atoms with Crippen LogP contribution in [0.3, 0.4) is 0 Å². The average Bonchev–Trinajstić information content (AvgIpc) is 3.02. The number of hydrogen-bond donors (Lipinski definition) is 1. The highest BCUT2D eigenvalue weighted by Gasteiger charge is 2.41. The molecule has 4 heterocycles. The maximum Gasteiger partial charge on any atom is 0.208 e. The van der Waals surface area contributed by atoms with Crippen LogP contribution in [0.25, 0.3) is 11.3 Å². The summed E-state index contributed by atoms with van der Waals surface area (Å²) in [7, 11) is -1.20. The molecular weight excluding hydrogens is 367 g/mol. The van der Waals surface area contributed by atoms with Crippen molar-refractivity contribution >= 4 is 10.0 Å². The zero-order chi connectivity index (χ0) is 19.2. The number of aromatic nitrogens is 2. The highest BCUT2D eigenvalue weighted by Crippen LogP contribution is 2.42. The van der Waals surface area contributed by atoms with Crippen LogP contribution < -0.4 is 4.72 Å². The SMILES string of the molecule is Cn1nc(-c2ccc(F)cc2)cc1C1CN2CCC1CC2CNS(C)(=O)=O. The van der Waals surface area contributed by atoms with Crippen molar-refractivity contribution in [2.45, 2.75) is 24.8 Å². The van der Waals surface area contributed by atoms with Gasteiger partial charge in [0.15, 0.2) is 0 Å². The molecule has 146 valence electrons. The van der Waals surface area contributed by atoms with Crippen LogP contribution in [-0.4, -0.2) is 55.0 Å². The smallest absolute Gasteiger partial charge is 0.208 e. The minimum Gasteiger partial charge on any atom is -0.298 e. The molecule has 4 unspecified atom stereocenters. The molecule has 0 saturated carbocycles. The van der Waals surface area contributed by atoms with Crippen molar-refractivity contribution < 1.29 is 12.8 Å². The molecule has 1 aromatic heterocycles. The van der Waals surface area contributed by atoms with Gasteiger partial charge < -0.3 is 0 Å². The minimum atomic E-state index is -3.16. The number of benzene rings is 1. The molecule has 0 radical (unpaired) electrons. The number of fused-ring (bicyclic) bond motifs is 3. The van der Waals surface area contributed by atoms with E-state index in [1.165, 1.54) is 24.1 Å². The fraction of sp³-hybridized carbons (Fsp3) is 0.526. The van der Waals surface area contributed by atoms with Gasteiger partial charge in [0.25, 0.3) is 0 Å². The molecule has 1 aromatic carbocycles. The third-order valence-corrected chi connectivity index (χ3v) is 6.59. The van der Waals surface area contributed by atoms with E-state index in [0.29, 0.717) is 18.4 Å². The van der Waals surface area contributed by atoms with E-state index in [-0.39, 0.29) is 11.9 Å². The second kappa shape index (κ2) is 7.00. The van der Waals surface area contributed by atoms with Gasteiger partial charge in [-0.15, -0.1) is 0 Å². The van der Waals surface area contributed by atoms with Gasteiger partial charge in [0.1, 0.15) is 5.82 Å². The van der Waals surface area contributed by atoms with Gasteiger partial charge in [-0.3, -0.25) is 9.58 Å². The van der Waals surface area contributed by atoms with E-state index in [1.54, 1.807) is 12.1 Å². The Balaban J connectivity index is 1.51. The molecule has 8 heteroatoms. The number of nitrogens with zero attached hydrogens (tertiary/aromatic N) is 3. The maximum atomic E-state index is 13.2. The third-order valence-electron chi connectivity index (χ3n) is 5.90. The summed E-state index contributed by atoms with van der Waals surface area (Å²) in [4.78, 5) is 2.40. The number of hydrogen-bond acceptors (Lipinski definition) is 4. The molecule has 6 nitrogen and oxygen atoms in total. The normalized spacial score (nSPS) is 27.8. The molecule has 0 aliphatic carbocycles. The monoisotopic (exact) mass is 392 g/mol. The van der Waals surface area contributed by atoms with Gasteiger partial charge in [0, 0.05) is 43.4 Å². The Morgan fingerprint density at radius 1 is 1.30 bits per heavy atom. The van der Waals surface area contributed by atoms with E-state index < -0.39 is 10.0 Å². The molecule has 3 fully saturated rings. The molecule has 3 saturated heterocycles. The van der Waals surface area contributed by atoms with Crippen LogP contribution in [0.4, 0.5) is 4.39 Å². The van der Waals surface area contributed by atoms with Crippen molar-refractivity contribution in [3.8, 4) is 11.3 Å². The fourth-order valence-corrected chi connectivity index (χ4v) is 5.02. The van der Waals surface area contributed by atoms with E-state index in [9.17, 15) is 12.8 Å². The topological polar surface area (TPSA) is 67.2 Å². The first-order chi connectivity index (χ1) is 12.8. The van der Waals surface area contributed by atoms with E-state index in [2.05, 4.69) is 20.8 Å². The summed E-state index contributed by atoms with van der Waals surface area (Å²) in [5.41, 5.74) is 2.97. The first-order valence-corrected chi connectivity index (χ1v) is 11.2. The summed E-state index contributed by atoms with van der Waals surface area (Å²) in [6.07, 6.45) is 3.32. The molecule has 3 aliphatic heterocycles. The van der Waals surface area contributed by atoms with Gasteiger partial charge in [-0.1, -0.05) is 0 Å². The molecule has 0 spiro atoms. The Bertz CT molecular complexity index is 926. The largest absolute Gasteiger partial charge is 0.298 e. The number of rotatable bonds is 5. The number of nitrogens with one attached hydrogen (secondary N) is 1. The van der Waals surface area contributed by atoms with E-state index in [4.69, 9.17) is 0 Å². The Kier molecular flexibility index (Phi) is 4.82. The van der Waals surface area contributed by atoms with E-state index >= 15 is 0 Å². The second-order valence-corrected chi connectivity index (χ2v) is 9.58. The van der Waals surface area contributed by atoms with Crippen LogP contribution in [0.1, 0.15) is 24.5 Å². The van der Waals surface area contributed by atoms with E-state index in [0.717, 1.165) is 37.2 Å². The lowest BCUT2D eigenvalue weighted by Crippen LogP contribution is -2.56. The molecule has 27 heavy (non-hydrogen) atoms. The first-order valence-electron chi connectivity index (χ1n) is 9.29. The predicted molar refractivity (Wildman–Crippen MR) is 102 cm³/mol. The molecule has 4 atom stereocenters. The molecule has 3 aliphatic rings. The Morgan fingerprint density at radius 2 is 2.04 bits per heavy atom. The maximum absolute atomic E-state index is 13.2. The molecule has 0 amide bonds. The van der Waals surface area contributed by atoms with Gasteiger partial charge in [0.2, 0.25) is 10.0 Å². The minimum absolute atomic E-state index is 0.249. The first kappa shape index (κ1) is 18.6. The number of halogens is 1. The lowest BCUT2D eigenvalue weighted by molar-refractivity contribution is 0.0306. The Hall–Kier alpha value is -1.77. The molecule has 1 N–H and O–H groups in total. The highest BCUT2D eigenvalue weighted by atomic mass is 32.2. The third kappa shape index (κ3) is 3.93. The van der Waals surface area contributed by atoms with Crippen molar-refractivity contribution in [2.75, 3.05) is 25.9 Å². The summed E-state index contributed by atoms with van der Waals surface area (Å²) >= 11 is 0.